The molecule has 0 unspecified atom stereocenters. The molecule has 0 saturated heterocycles. The van der Waals surface area contributed by atoms with Gasteiger partial charge in [-0.3, -0.25) is 9.78 Å². The lowest BCUT2D eigenvalue weighted by atomic mass is 9.64. The van der Waals surface area contributed by atoms with Crippen LogP contribution in [0.1, 0.15) is 24.8 Å². The van der Waals surface area contributed by atoms with E-state index in [1.54, 1.807) is 6.20 Å². The number of esters is 1. The van der Waals surface area contributed by atoms with Crippen molar-refractivity contribution >= 4 is 16.9 Å². The molecule has 0 radical (unpaired) electrons. The minimum Gasteiger partial charge on any atom is -0.468 e. The van der Waals surface area contributed by atoms with Gasteiger partial charge in [0.25, 0.3) is 0 Å². The SMILES string of the molecule is COC(=O)C1(c2ccc3ncccc3c2)CCC1. The van der Waals surface area contributed by atoms with Gasteiger partial charge in [0.05, 0.1) is 18.0 Å². The minimum absolute atomic E-state index is 0.114. The fraction of sp³-hybridized carbons (Fsp3) is 0.333. The van der Waals surface area contributed by atoms with Crippen LogP contribution in [0.2, 0.25) is 0 Å². The highest BCUT2D eigenvalue weighted by molar-refractivity contribution is 5.87. The summed E-state index contributed by atoms with van der Waals surface area (Å²) in [4.78, 5) is 16.3. The van der Waals surface area contributed by atoms with Crippen LogP contribution >= 0.6 is 0 Å². The molecule has 1 aliphatic rings. The van der Waals surface area contributed by atoms with Gasteiger partial charge in [0.15, 0.2) is 0 Å². The Morgan fingerprint density at radius 1 is 1.33 bits per heavy atom. The van der Waals surface area contributed by atoms with Crippen molar-refractivity contribution in [3.8, 4) is 0 Å². The summed E-state index contributed by atoms with van der Waals surface area (Å²) in [5.74, 6) is -0.114. The van der Waals surface area contributed by atoms with Crippen LogP contribution in [0.4, 0.5) is 0 Å². The number of carbonyl (C=O) groups is 1. The molecular weight excluding hydrogens is 226 g/mol. The van der Waals surface area contributed by atoms with E-state index >= 15 is 0 Å². The van der Waals surface area contributed by atoms with Crippen LogP contribution in [0.15, 0.2) is 36.5 Å². The molecule has 2 aromatic rings. The second kappa shape index (κ2) is 4.09. The Morgan fingerprint density at radius 3 is 2.83 bits per heavy atom. The maximum Gasteiger partial charge on any atom is 0.316 e. The van der Waals surface area contributed by atoms with Crippen molar-refractivity contribution in [2.24, 2.45) is 0 Å². The average molecular weight is 241 g/mol. The van der Waals surface area contributed by atoms with Crippen molar-refractivity contribution in [2.45, 2.75) is 24.7 Å². The predicted octanol–water partition coefficient (Wildman–Crippen LogP) is 2.83. The summed E-state index contributed by atoms with van der Waals surface area (Å²) in [5, 5.41) is 1.07. The molecule has 0 aliphatic heterocycles. The van der Waals surface area contributed by atoms with E-state index in [0.29, 0.717) is 0 Å². The summed E-state index contributed by atoms with van der Waals surface area (Å²) in [6.45, 7) is 0. The van der Waals surface area contributed by atoms with Crippen molar-refractivity contribution in [2.75, 3.05) is 7.11 Å². The third-order valence-corrected chi connectivity index (χ3v) is 3.94. The zero-order chi connectivity index (χ0) is 12.6. The van der Waals surface area contributed by atoms with E-state index in [1.807, 2.05) is 24.3 Å². The largest absolute Gasteiger partial charge is 0.468 e. The quantitative estimate of drug-likeness (QED) is 0.759. The molecule has 0 bridgehead atoms. The minimum atomic E-state index is -0.418. The maximum atomic E-state index is 12.0. The lowest BCUT2D eigenvalue weighted by Crippen LogP contribution is -2.43. The van der Waals surface area contributed by atoms with Crippen molar-refractivity contribution in [1.82, 2.24) is 4.98 Å². The van der Waals surface area contributed by atoms with Gasteiger partial charge in [0.1, 0.15) is 0 Å². The second-order valence-corrected chi connectivity index (χ2v) is 4.84. The van der Waals surface area contributed by atoms with Crippen LogP contribution in [0.3, 0.4) is 0 Å². The Balaban J connectivity index is 2.10. The molecule has 3 heteroatoms. The number of nitrogens with zero attached hydrogens (tertiary/aromatic N) is 1. The lowest BCUT2D eigenvalue weighted by Gasteiger charge is -2.39. The summed E-state index contributed by atoms with van der Waals surface area (Å²) in [6, 6.07) is 9.99. The highest BCUT2D eigenvalue weighted by Gasteiger charge is 2.46. The first-order valence-electron chi connectivity index (χ1n) is 6.20. The van der Waals surface area contributed by atoms with Crippen molar-refractivity contribution in [3.05, 3.63) is 42.1 Å². The lowest BCUT2D eigenvalue weighted by molar-refractivity contribution is -0.151. The molecule has 18 heavy (non-hydrogen) atoms. The van der Waals surface area contributed by atoms with Crippen LogP contribution < -0.4 is 0 Å². The first-order chi connectivity index (χ1) is 8.76. The van der Waals surface area contributed by atoms with Gasteiger partial charge in [-0.05, 0) is 36.6 Å². The van der Waals surface area contributed by atoms with Gasteiger partial charge in [-0.15, -0.1) is 0 Å². The number of benzene rings is 1. The zero-order valence-electron chi connectivity index (χ0n) is 10.3. The molecule has 1 aliphatic carbocycles. The van der Waals surface area contributed by atoms with Crippen molar-refractivity contribution in [1.29, 1.82) is 0 Å². The zero-order valence-corrected chi connectivity index (χ0v) is 10.3. The molecule has 0 amide bonds. The third kappa shape index (κ3) is 1.50. The van der Waals surface area contributed by atoms with Crippen LogP contribution in [0.5, 0.6) is 0 Å². The van der Waals surface area contributed by atoms with Crippen LogP contribution in [0.25, 0.3) is 10.9 Å². The fourth-order valence-corrected chi connectivity index (χ4v) is 2.71. The Hall–Kier alpha value is -1.90. The van der Waals surface area contributed by atoms with E-state index in [1.165, 1.54) is 7.11 Å². The number of carbonyl (C=O) groups excluding carboxylic acids is 1. The number of hydrogen-bond donors (Lipinski definition) is 0. The molecule has 1 aromatic heterocycles. The van der Waals surface area contributed by atoms with Crippen LogP contribution in [-0.4, -0.2) is 18.1 Å². The van der Waals surface area contributed by atoms with E-state index in [4.69, 9.17) is 4.74 Å². The van der Waals surface area contributed by atoms with Crippen molar-refractivity contribution in [3.63, 3.8) is 0 Å². The molecule has 0 N–H and O–H groups in total. The second-order valence-electron chi connectivity index (χ2n) is 4.84. The Kier molecular flexibility index (Phi) is 2.54. The van der Waals surface area contributed by atoms with E-state index in [0.717, 1.165) is 35.7 Å². The van der Waals surface area contributed by atoms with Gasteiger partial charge in [0, 0.05) is 11.6 Å². The summed E-state index contributed by atoms with van der Waals surface area (Å²) < 4.78 is 4.97. The number of pyridine rings is 1. The van der Waals surface area contributed by atoms with Gasteiger partial charge in [-0.25, -0.2) is 0 Å². The normalized spacial score (nSPS) is 17.2. The molecule has 1 heterocycles. The first-order valence-corrected chi connectivity index (χ1v) is 6.20. The Labute approximate surface area is 106 Å². The summed E-state index contributed by atoms with van der Waals surface area (Å²) in [6.07, 6.45) is 4.62. The standard InChI is InChI=1S/C15H15NO2/c1-18-14(17)15(7-3-8-15)12-5-6-13-11(10-12)4-2-9-16-13/h2,4-6,9-10H,3,7-8H2,1H3. The molecule has 3 rings (SSSR count). The Morgan fingerprint density at radius 2 is 2.17 bits per heavy atom. The van der Waals surface area contributed by atoms with E-state index in [-0.39, 0.29) is 5.97 Å². The Bertz CT molecular complexity index is 602. The van der Waals surface area contributed by atoms with Crippen LogP contribution in [-0.2, 0) is 14.9 Å². The molecule has 0 spiro atoms. The number of hydrogen-bond acceptors (Lipinski definition) is 3. The molecule has 1 aromatic carbocycles. The van der Waals surface area contributed by atoms with Crippen LogP contribution in [0, 0.1) is 0 Å². The molecular formula is C15H15NO2. The molecule has 0 atom stereocenters. The average Bonchev–Trinajstić information content (AvgIpc) is 2.37. The predicted molar refractivity (Wildman–Crippen MR) is 69.3 cm³/mol. The number of aromatic nitrogens is 1. The van der Waals surface area contributed by atoms with E-state index in [9.17, 15) is 4.79 Å². The number of rotatable bonds is 2. The van der Waals surface area contributed by atoms with Gasteiger partial charge in [0.2, 0.25) is 0 Å². The van der Waals surface area contributed by atoms with Crippen molar-refractivity contribution < 1.29 is 9.53 Å². The topological polar surface area (TPSA) is 39.2 Å². The monoisotopic (exact) mass is 241 g/mol. The van der Waals surface area contributed by atoms with Gasteiger partial charge < -0.3 is 4.74 Å². The van der Waals surface area contributed by atoms with Gasteiger partial charge in [-0.1, -0.05) is 18.6 Å². The smallest absolute Gasteiger partial charge is 0.316 e. The molecule has 1 fully saturated rings. The van der Waals surface area contributed by atoms with E-state index < -0.39 is 5.41 Å². The summed E-state index contributed by atoms with van der Waals surface area (Å²) >= 11 is 0. The number of fused-ring (bicyclic) bond motifs is 1. The first kappa shape index (κ1) is 11.2. The highest BCUT2D eigenvalue weighted by atomic mass is 16.5. The maximum absolute atomic E-state index is 12.0. The third-order valence-electron chi connectivity index (χ3n) is 3.94. The van der Waals surface area contributed by atoms with Gasteiger partial charge in [-0.2, -0.15) is 0 Å². The number of methoxy groups -OCH3 is 1. The van der Waals surface area contributed by atoms with Gasteiger partial charge >= 0.3 is 5.97 Å². The molecule has 92 valence electrons. The fourth-order valence-electron chi connectivity index (χ4n) is 2.71. The summed E-state index contributed by atoms with van der Waals surface area (Å²) in [5.41, 5.74) is 1.60. The molecule has 3 nitrogen and oxygen atoms in total. The summed E-state index contributed by atoms with van der Waals surface area (Å²) in [7, 11) is 1.46. The molecule has 1 saturated carbocycles. The number of ether oxygens (including phenoxy) is 1. The highest BCUT2D eigenvalue weighted by Crippen LogP contribution is 2.45. The van der Waals surface area contributed by atoms with E-state index in [2.05, 4.69) is 11.1 Å².